The molecule has 0 unspecified atom stereocenters. The summed E-state index contributed by atoms with van der Waals surface area (Å²) in [5.74, 6) is 1.18. The Morgan fingerprint density at radius 3 is 2.38 bits per heavy atom. The minimum atomic E-state index is -0.378. The van der Waals surface area contributed by atoms with Gasteiger partial charge in [-0.25, -0.2) is 9.78 Å². The largest absolute Gasteiger partial charge is 0.497 e. The number of carbonyl (C=O) groups excluding carboxylic acids is 1. The monoisotopic (exact) mass is 388 g/mol. The van der Waals surface area contributed by atoms with Crippen LogP contribution in [-0.2, 0) is 0 Å². The number of fused-ring (bicyclic) bond motifs is 1. The number of benzene rings is 2. The lowest BCUT2D eigenvalue weighted by Crippen LogP contribution is -2.20. The van der Waals surface area contributed by atoms with E-state index >= 15 is 0 Å². The second-order valence-corrected chi connectivity index (χ2v) is 6.32. The fourth-order valence-corrected chi connectivity index (χ4v) is 3.04. The lowest BCUT2D eigenvalue weighted by atomic mass is 10.1. The number of nitrogens with zero attached hydrogens (tertiary/aromatic N) is 2. The van der Waals surface area contributed by atoms with Gasteiger partial charge in [0.1, 0.15) is 17.1 Å². The fraction of sp³-hybridized carbons (Fsp3) is 0.0909. The first-order valence-corrected chi connectivity index (χ1v) is 9.00. The molecule has 2 heterocycles. The summed E-state index contributed by atoms with van der Waals surface area (Å²) in [4.78, 5) is 17.2. The highest BCUT2D eigenvalue weighted by molar-refractivity contribution is 6.02. The summed E-state index contributed by atoms with van der Waals surface area (Å²) >= 11 is 0. The van der Waals surface area contributed by atoms with E-state index in [0.29, 0.717) is 22.9 Å². The Balaban J connectivity index is 1.58. The number of ether oxygens (including phenoxy) is 2. The molecule has 0 aliphatic heterocycles. The molecule has 7 nitrogen and oxygen atoms in total. The number of para-hydroxylation sites is 1. The molecule has 0 spiro atoms. The molecule has 2 N–H and O–H groups in total. The first kappa shape index (κ1) is 18.4. The number of amides is 2. The number of rotatable bonds is 5. The van der Waals surface area contributed by atoms with E-state index in [4.69, 9.17) is 9.47 Å². The number of carbonyl (C=O) groups is 1. The predicted octanol–water partition coefficient (Wildman–Crippen LogP) is 4.66. The van der Waals surface area contributed by atoms with Crippen LogP contribution in [0.2, 0.25) is 0 Å². The van der Waals surface area contributed by atoms with E-state index in [1.54, 1.807) is 32.4 Å². The molecule has 4 aromatic rings. The third kappa shape index (κ3) is 3.98. The average Bonchev–Trinajstić information content (AvgIpc) is 3.17. The van der Waals surface area contributed by atoms with Gasteiger partial charge in [-0.1, -0.05) is 24.3 Å². The molecule has 0 saturated heterocycles. The van der Waals surface area contributed by atoms with Crippen molar-refractivity contribution in [3.8, 4) is 22.8 Å². The van der Waals surface area contributed by atoms with Gasteiger partial charge in [0, 0.05) is 41.8 Å². The van der Waals surface area contributed by atoms with Crippen LogP contribution < -0.4 is 20.1 Å². The van der Waals surface area contributed by atoms with Crippen molar-refractivity contribution < 1.29 is 14.3 Å². The maximum Gasteiger partial charge on any atom is 0.323 e. The zero-order valence-electron chi connectivity index (χ0n) is 16.0. The molecule has 4 rings (SSSR count). The van der Waals surface area contributed by atoms with Gasteiger partial charge in [0.25, 0.3) is 0 Å². The van der Waals surface area contributed by atoms with Gasteiger partial charge in [0.05, 0.1) is 25.6 Å². The summed E-state index contributed by atoms with van der Waals surface area (Å²) in [5.41, 5.74) is 3.65. The number of hydrogen-bond donors (Lipinski definition) is 2. The molecule has 7 heteroatoms. The van der Waals surface area contributed by atoms with Crippen molar-refractivity contribution in [3.05, 3.63) is 73.1 Å². The second kappa shape index (κ2) is 7.93. The van der Waals surface area contributed by atoms with Gasteiger partial charge in [-0.3, -0.25) is 0 Å². The smallest absolute Gasteiger partial charge is 0.323 e. The summed E-state index contributed by atoms with van der Waals surface area (Å²) in [6, 6.07) is 18.1. The number of methoxy groups -OCH3 is 2. The first-order valence-electron chi connectivity index (χ1n) is 9.00. The minimum Gasteiger partial charge on any atom is -0.497 e. The number of imidazole rings is 1. The highest BCUT2D eigenvalue weighted by atomic mass is 16.5. The molecule has 146 valence electrons. The summed E-state index contributed by atoms with van der Waals surface area (Å²) in [5, 5.41) is 5.71. The molecule has 2 aromatic carbocycles. The molecule has 0 atom stereocenters. The third-order valence-corrected chi connectivity index (χ3v) is 4.42. The van der Waals surface area contributed by atoms with E-state index in [-0.39, 0.29) is 6.03 Å². The molecule has 0 bridgehead atoms. The van der Waals surface area contributed by atoms with E-state index in [1.165, 1.54) is 0 Å². The fourth-order valence-electron chi connectivity index (χ4n) is 3.04. The van der Waals surface area contributed by atoms with Crippen molar-refractivity contribution in [1.29, 1.82) is 0 Å². The van der Waals surface area contributed by atoms with Gasteiger partial charge in [-0.15, -0.1) is 0 Å². The molecule has 0 aliphatic rings. The number of urea groups is 1. The summed E-state index contributed by atoms with van der Waals surface area (Å²) in [6.45, 7) is 0. The van der Waals surface area contributed by atoms with Crippen molar-refractivity contribution in [3.63, 3.8) is 0 Å². The maximum atomic E-state index is 12.6. The van der Waals surface area contributed by atoms with Gasteiger partial charge in [-0.2, -0.15) is 0 Å². The first-order chi connectivity index (χ1) is 14.2. The van der Waals surface area contributed by atoms with Crippen LogP contribution in [0, 0.1) is 0 Å². The lowest BCUT2D eigenvalue weighted by molar-refractivity contribution is 0.262. The van der Waals surface area contributed by atoms with Crippen molar-refractivity contribution >= 4 is 23.1 Å². The standard InChI is InChI=1S/C22H20N4O3/c1-28-16-11-15(12-17(13-16)29-2)23-22(27)25-19-8-4-3-7-18(19)20-14-26-10-6-5-9-21(26)24-20/h3-14H,1-2H3,(H2,23,25,27). The molecule has 0 fully saturated rings. The Hall–Kier alpha value is -4.00. The summed E-state index contributed by atoms with van der Waals surface area (Å²) in [6.07, 6.45) is 3.87. The lowest BCUT2D eigenvalue weighted by Gasteiger charge is -2.12. The number of aromatic nitrogens is 2. The summed E-state index contributed by atoms with van der Waals surface area (Å²) in [7, 11) is 3.12. The highest BCUT2D eigenvalue weighted by Gasteiger charge is 2.12. The van der Waals surface area contributed by atoms with Gasteiger partial charge in [0.2, 0.25) is 0 Å². The molecular formula is C22H20N4O3. The number of pyridine rings is 1. The average molecular weight is 388 g/mol. The zero-order valence-corrected chi connectivity index (χ0v) is 16.0. The summed E-state index contributed by atoms with van der Waals surface area (Å²) < 4.78 is 12.4. The SMILES string of the molecule is COc1cc(NC(=O)Nc2ccccc2-c2cn3ccccc3n2)cc(OC)c1. The van der Waals surface area contributed by atoms with E-state index in [0.717, 1.165) is 16.9 Å². The van der Waals surface area contributed by atoms with Gasteiger partial charge in [-0.05, 0) is 18.2 Å². The van der Waals surface area contributed by atoms with Gasteiger partial charge in [0.15, 0.2) is 0 Å². The van der Waals surface area contributed by atoms with E-state index in [1.807, 2.05) is 59.3 Å². The van der Waals surface area contributed by atoms with Crippen LogP contribution in [0.3, 0.4) is 0 Å². The van der Waals surface area contributed by atoms with Crippen LogP contribution >= 0.6 is 0 Å². The van der Waals surface area contributed by atoms with Crippen molar-refractivity contribution in [1.82, 2.24) is 9.38 Å². The molecule has 2 amide bonds. The van der Waals surface area contributed by atoms with Crippen LogP contribution in [0.15, 0.2) is 73.1 Å². The third-order valence-electron chi connectivity index (χ3n) is 4.42. The molecular weight excluding hydrogens is 368 g/mol. The Labute approximate surface area is 167 Å². The van der Waals surface area contributed by atoms with Crippen LogP contribution in [-0.4, -0.2) is 29.6 Å². The maximum absolute atomic E-state index is 12.6. The number of anilines is 2. The van der Waals surface area contributed by atoms with E-state index < -0.39 is 0 Å². The van der Waals surface area contributed by atoms with Crippen LogP contribution in [0.1, 0.15) is 0 Å². The van der Waals surface area contributed by atoms with Crippen LogP contribution in [0.4, 0.5) is 16.2 Å². The topological polar surface area (TPSA) is 76.9 Å². The molecule has 0 aliphatic carbocycles. The molecule has 29 heavy (non-hydrogen) atoms. The van der Waals surface area contributed by atoms with Crippen LogP contribution in [0.25, 0.3) is 16.9 Å². The van der Waals surface area contributed by atoms with Crippen molar-refractivity contribution in [2.75, 3.05) is 24.9 Å². The van der Waals surface area contributed by atoms with Crippen molar-refractivity contribution in [2.45, 2.75) is 0 Å². The highest BCUT2D eigenvalue weighted by Crippen LogP contribution is 2.29. The normalized spacial score (nSPS) is 10.6. The van der Waals surface area contributed by atoms with E-state index in [2.05, 4.69) is 15.6 Å². The Morgan fingerprint density at radius 1 is 0.931 bits per heavy atom. The molecule has 0 saturated carbocycles. The number of nitrogens with one attached hydrogen (secondary N) is 2. The Kier molecular flexibility index (Phi) is 5.03. The van der Waals surface area contributed by atoms with E-state index in [9.17, 15) is 4.79 Å². The number of hydrogen-bond acceptors (Lipinski definition) is 4. The second-order valence-electron chi connectivity index (χ2n) is 6.32. The predicted molar refractivity (Wildman–Crippen MR) is 113 cm³/mol. The quantitative estimate of drug-likeness (QED) is 0.521. The molecule has 0 radical (unpaired) electrons. The Bertz CT molecular complexity index is 1110. The van der Waals surface area contributed by atoms with Gasteiger partial charge >= 0.3 is 6.03 Å². The molecule has 2 aromatic heterocycles. The van der Waals surface area contributed by atoms with Crippen molar-refractivity contribution in [2.24, 2.45) is 0 Å². The zero-order chi connectivity index (χ0) is 20.2. The Morgan fingerprint density at radius 2 is 1.66 bits per heavy atom. The minimum absolute atomic E-state index is 0.378. The van der Waals surface area contributed by atoms with Crippen LogP contribution in [0.5, 0.6) is 11.5 Å². The van der Waals surface area contributed by atoms with Gasteiger partial charge < -0.3 is 24.5 Å².